The molecule has 4 heterocycles. The summed E-state index contributed by atoms with van der Waals surface area (Å²) in [5, 5.41) is 12.6. The van der Waals surface area contributed by atoms with Crippen LogP contribution in [-0.4, -0.2) is 90.2 Å². The lowest BCUT2D eigenvalue weighted by Crippen LogP contribution is -2.49. The molecule has 3 aliphatic heterocycles. The van der Waals surface area contributed by atoms with E-state index in [9.17, 15) is 9.90 Å². The van der Waals surface area contributed by atoms with E-state index >= 15 is 0 Å². The molecule has 0 radical (unpaired) electrons. The smallest absolute Gasteiger partial charge is 0.318 e. The largest absolute Gasteiger partial charge is 0.508 e. The van der Waals surface area contributed by atoms with Crippen LogP contribution < -0.4 is 14.5 Å². The molecule has 0 bridgehead atoms. The lowest BCUT2D eigenvalue weighted by molar-refractivity contribution is -0.126. The second kappa shape index (κ2) is 12.6. The summed E-state index contributed by atoms with van der Waals surface area (Å²) in [4.78, 5) is 30.9. The average Bonchev–Trinajstić information content (AvgIpc) is 3.01. The number of benzene rings is 2. The van der Waals surface area contributed by atoms with Gasteiger partial charge in [-0.2, -0.15) is 9.97 Å². The Kier molecular flexibility index (Phi) is 8.46. The van der Waals surface area contributed by atoms with E-state index in [-0.39, 0.29) is 11.7 Å². The van der Waals surface area contributed by atoms with Crippen molar-refractivity contribution >= 4 is 28.2 Å². The minimum absolute atomic E-state index is 0.0264. The van der Waals surface area contributed by atoms with E-state index in [2.05, 4.69) is 34.4 Å². The van der Waals surface area contributed by atoms with E-state index in [4.69, 9.17) is 14.7 Å². The first-order valence-electron chi connectivity index (χ1n) is 15.3. The maximum absolute atomic E-state index is 12.2. The molecule has 2 saturated heterocycles. The Bertz CT molecular complexity index is 1440. The van der Waals surface area contributed by atoms with Gasteiger partial charge in [-0.1, -0.05) is 30.8 Å². The molecule has 1 N–H and O–H groups in total. The van der Waals surface area contributed by atoms with Crippen LogP contribution in [0.5, 0.6) is 11.8 Å². The van der Waals surface area contributed by atoms with Gasteiger partial charge in [-0.25, -0.2) is 0 Å². The second-order valence-electron chi connectivity index (χ2n) is 11.9. The van der Waals surface area contributed by atoms with Gasteiger partial charge >= 0.3 is 6.01 Å². The Hall–Kier alpha value is -3.85. The molecule has 42 heavy (non-hydrogen) atoms. The fourth-order valence-corrected chi connectivity index (χ4v) is 6.77. The van der Waals surface area contributed by atoms with Crippen LogP contribution in [0.25, 0.3) is 10.8 Å². The zero-order valence-electron chi connectivity index (χ0n) is 24.7. The molecular formula is C33H42N6O3. The number of aromatic nitrogens is 2. The number of fused-ring (bicyclic) bond motifs is 2. The summed E-state index contributed by atoms with van der Waals surface area (Å²) in [5.74, 6) is 1.89. The van der Waals surface area contributed by atoms with Crippen LogP contribution in [0.15, 0.2) is 49.1 Å². The number of amides is 1. The van der Waals surface area contributed by atoms with Crippen LogP contribution in [-0.2, 0) is 17.8 Å². The quantitative estimate of drug-likeness (QED) is 0.318. The molecule has 0 unspecified atom stereocenters. The van der Waals surface area contributed by atoms with Crippen LogP contribution in [0.4, 0.5) is 11.5 Å². The van der Waals surface area contributed by atoms with Crippen molar-refractivity contribution in [3.05, 3.63) is 60.3 Å². The van der Waals surface area contributed by atoms with Gasteiger partial charge in [0.15, 0.2) is 0 Å². The van der Waals surface area contributed by atoms with E-state index in [1.54, 1.807) is 0 Å². The van der Waals surface area contributed by atoms with E-state index in [0.29, 0.717) is 45.3 Å². The maximum Gasteiger partial charge on any atom is 0.318 e. The average molecular weight is 571 g/mol. The zero-order valence-corrected chi connectivity index (χ0v) is 24.7. The third-order valence-corrected chi connectivity index (χ3v) is 8.96. The lowest BCUT2D eigenvalue weighted by Gasteiger charge is -2.38. The molecule has 0 aliphatic carbocycles. The van der Waals surface area contributed by atoms with Gasteiger partial charge in [0.2, 0.25) is 5.91 Å². The number of piperazine rings is 1. The molecular weight excluding hydrogens is 528 g/mol. The van der Waals surface area contributed by atoms with Crippen LogP contribution in [0.1, 0.15) is 36.9 Å². The molecule has 2 aromatic carbocycles. The highest BCUT2D eigenvalue weighted by molar-refractivity contribution is 5.95. The van der Waals surface area contributed by atoms with Gasteiger partial charge < -0.3 is 29.4 Å². The van der Waals surface area contributed by atoms with Crippen molar-refractivity contribution in [1.82, 2.24) is 19.8 Å². The Morgan fingerprint density at radius 2 is 1.93 bits per heavy atom. The standard InChI is InChI=1S/C33H42N6O3/c1-3-31(41)37-15-17-38(18-16-37)32-28-12-14-39(30-21-26(40)20-25-10-4-5-11-27(25)30)23-29(28)34-33(35-32)42-19-7-9-24-8-6-13-36(2)22-24/h3-5,10-11,20-21,24,40H,1,6-9,12-19,22-23H2,2H3/t24-/m0/s1. The molecule has 0 spiro atoms. The van der Waals surface area contributed by atoms with E-state index < -0.39 is 0 Å². The van der Waals surface area contributed by atoms with Crippen molar-refractivity contribution in [2.24, 2.45) is 5.92 Å². The molecule has 1 atom stereocenters. The normalized spacial score (nSPS) is 19.5. The summed E-state index contributed by atoms with van der Waals surface area (Å²) >= 11 is 0. The van der Waals surface area contributed by atoms with Gasteiger partial charge in [-0.15, -0.1) is 0 Å². The first-order valence-corrected chi connectivity index (χ1v) is 15.3. The summed E-state index contributed by atoms with van der Waals surface area (Å²) in [5.41, 5.74) is 3.12. The number of hydrogen-bond donors (Lipinski definition) is 1. The van der Waals surface area contributed by atoms with Gasteiger partial charge in [-0.3, -0.25) is 4.79 Å². The van der Waals surface area contributed by atoms with Crippen molar-refractivity contribution in [1.29, 1.82) is 0 Å². The summed E-state index contributed by atoms with van der Waals surface area (Å²) < 4.78 is 6.23. The van der Waals surface area contributed by atoms with Gasteiger partial charge in [0.1, 0.15) is 11.6 Å². The number of likely N-dealkylation sites (tertiary alicyclic amines) is 1. The monoisotopic (exact) mass is 570 g/mol. The van der Waals surface area contributed by atoms with Gasteiger partial charge in [-0.05, 0) is 69.1 Å². The van der Waals surface area contributed by atoms with E-state index in [0.717, 1.165) is 65.3 Å². The maximum atomic E-state index is 12.2. The van der Waals surface area contributed by atoms with E-state index in [1.807, 2.05) is 35.2 Å². The highest BCUT2D eigenvalue weighted by Gasteiger charge is 2.29. The topological polar surface area (TPSA) is 85.3 Å². The number of phenols is 1. The SMILES string of the molecule is C=CC(=O)N1CCN(c2nc(OCCC[C@@H]3CCCN(C)C3)nc3c2CCN(c2cc(O)cc4ccccc24)C3)CC1. The molecule has 3 aliphatic rings. The number of hydrogen-bond acceptors (Lipinski definition) is 8. The highest BCUT2D eigenvalue weighted by atomic mass is 16.5. The number of piperidine rings is 1. The summed E-state index contributed by atoms with van der Waals surface area (Å²) in [6, 6.07) is 12.3. The number of rotatable bonds is 8. The molecule has 2 fully saturated rings. The number of carbonyl (C=O) groups is 1. The molecule has 1 amide bonds. The minimum atomic E-state index is -0.0264. The number of anilines is 2. The fourth-order valence-electron chi connectivity index (χ4n) is 6.77. The Labute approximate surface area is 248 Å². The number of aromatic hydroxyl groups is 1. The van der Waals surface area contributed by atoms with Gasteiger partial charge in [0.05, 0.1) is 18.8 Å². The first-order chi connectivity index (χ1) is 20.5. The van der Waals surface area contributed by atoms with Crippen molar-refractivity contribution in [3.63, 3.8) is 0 Å². The predicted octanol–water partition coefficient (Wildman–Crippen LogP) is 4.23. The number of ether oxygens (including phenoxy) is 1. The van der Waals surface area contributed by atoms with E-state index in [1.165, 1.54) is 32.0 Å². The van der Waals surface area contributed by atoms with Crippen molar-refractivity contribution in [2.75, 3.05) is 69.3 Å². The second-order valence-corrected chi connectivity index (χ2v) is 11.9. The zero-order chi connectivity index (χ0) is 29.1. The summed E-state index contributed by atoms with van der Waals surface area (Å²) in [6.07, 6.45) is 6.88. The van der Waals surface area contributed by atoms with Crippen molar-refractivity contribution in [3.8, 4) is 11.8 Å². The van der Waals surface area contributed by atoms with Crippen molar-refractivity contribution in [2.45, 2.75) is 38.6 Å². The minimum Gasteiger partial charge on any atom is -0.508 e. The summed E-state index contributed by atoms with van der Waals surface area (Å²) in [7, 11) is 2.21. The Morgan fingerprint density at radius 3 is 2.74 bits per heavy atom. The number of nitrogens with zero attached hydrogens (tertiary/aromatic N) is 6. The third-order valence-electron chi connectivity index (χ3n) is 8.96. The molecule has 3 aromatic rings. The molecule has 9 nitrogen and oxygen atoms in total. The Morgan fingerprint density at radius 1 is 1.10 bits per heavy atom. The summed E-state index contributed by atoms with van der Waals surface area (Å²) in [6.45, 7) is 10.7. The van der Waals surface area contributed by atoms with Crippen LogP contribution in [0.2, 0.25) is 0 Å². The van der Waals surface area contributed by atoms with Crippen molar-refractivity contribution < 1.29 is 14.6 Å². The molecule has 9 heteroatoms. The first kappa shape index (κ1) is 28.3. The molecule has 0 saturated carbocycles. The molecule has 222 valence electrons. The Balaban J connectivity index is 1.23. The van der Waals surface area contributed by atoms with Crippen LogP contribution in [0, 0.1) is 5.92 Å². The molecule has 6 rings (SSSR count). The highest BCUT2D eigenvalue weighted by Crippen LogP contribution is 2.36. The number of carbonyl (C=O) groups excluding carboxylic acids is 1. The van der Waals surface area contributed by atoms with Crippen LogP contribution in [0.3, 0.4) is 0 Å². The molecule has 1 aromatic heterocycles. The van der Waals surface area contributed by atoms with Gasteiger partial charge in [0, 0.05) is 62.0 Å². The van der Waals surface area contributed by atoms with Crippen LogP contribution >= 0.6 is 0 Å². The fraction of sp³-hybridized carbons (Fsp3) is 0.485. The van der Waals surface area contributed by atoms with Gasteiger partial charge in [0.25, 0.3) is 0 Å². The third kappa shape index (κ3) is 6.16. The number of phenolic OH excluding ortho intramolecular Hbond substituents is 1. The lowest BCUT2D eigenvalue weighted by atomic mass is 9.94. The predicted molar refractivity (Wildman–Crippen MR) is 166 cm³/mol.